The molecule has 0 saturated heterocycles. The molecule has 4 N–H and O–H groups in total. The molecule has 0 aliphatic carbocycles. The van der Waals surface area contributed by atoms with Crippen LogP contribution in [0.15, 0.2) is 47.6 Å². The lowest BCUT2D eigenvalue weighted by Crippen LogP contribution is -2.40. The van der Waals surface area contributed by atoms with E-state index in [9.17, 15) is 9.18 Å². The van der Waals surface area contributed by atoms with Gasteiger partial charge in [-0.2, -0.15) is 0 Å². The molecule has 2 rings (SSSR count). The number of pyridine rings is 1. The average Bonchev–Trinajstić information content (AvgIpc) is 2.68. The predicted octanol–water partition coefficient (Wildman–Crippen LogP) is 3.03. The van der Waals surface area contributed by atoms with Gasteiger partial charge in [0.2, 0.25) is 0 Å². The summed E-state index contributed by atoms with van der Waals surface area (Å²) < 4.78 is 12.9. The minimum atomic E-state index is -0.419. The van der Waals surface area contributed by atoms with Crippen LogP contribution >= 0.6 is 0 Å². The Bertz CT molecular complexity index is 877. The second kappa shape index (κ2) is 9.64. The van der Waals surface area contributed by atoms with Crippen LogP contribution in [0.3, 0.4) is 0 Å². The van der Waals surface area contributed by atoms with E-state index in [0.29, 0.717) is 35.7 Å². The highest BCUT2D eigenvalue weighted by Crippen LogP contribution is 2.17. The van der Waals surface area contributed by atoms with Crippen LogP contribution in [-0.2, 0) is 0 Å². The number of hydrogen-bond acceptors (Lipinski definition) is 5. The van der Waals surface area contributed by atoms with Crippen molar-refractivity contribution in [2.24, 2.45) is 10.7 Å². The second-order valence-corrected chi connectivity index (χ2v) is 6.53. The molecule has 0 saturated carbocycles. The molecule has 1 aromatic carbocycles. The maximum absolute atomic E-state index is 12.9. The second-order valence-electron chi connectivity index (χ2n) is 6.53. The number of carbonyl (C=O) groups excluding carboxylic acids is 1. The van der Waals surface area contributed by atoms with Crippen molar-refractivity contribution < 1.29 is 9.18 Å². The number of halogens is 1. The van der Waals surface area contributed by atoms with Crippen LogP contribution in [0, 0.1) is 12.7 Å². The van der Waals surface area contributed by atoms with Gasteiger partial charge in [0.1, 0.15) is 5.82 Å². The number of carbonyl (C=O) groups is 1. The Hall–Kier alpha value is -3.22. The van der Waals surface area contributed by atoms with Crippen molar-refractivity contribution in [1.82, 2.24) is 9.88 Å². The van der Waals surface area contributed by atoms with Crippen LogP contribution in [-0.4, -0.2) is 41.1 Å². The number of nitrogen functional groups attached to an aromatic ring is 1. The van der Waals surface area contributed by atoms with E-state index in [-0.39, 0.29) is 11.9 Å². The first-order valence-corrected chi connectivity index (χ1v) is 9.08. The smallest absolute Gasteiger partial charge is 0.256 e. The Morgan fingerprint density at radius 3 is 2.75 bits per heavy atom. The summed E-state index contributed by atoms with van der Waals surface area (Å²) in [5.41, 5.74) is 14.7. The molecule has 7 heteroatoms. The molecule has 1 aromatic heterocycles. The van der Waals surface area contributed by atoms with Gasteiger partial charge in [-0.05, 0) is 51.1 Å². The average molecular weight is 383 g/mol. The summed E-state index contributed by atoms with van der Waals surface area (Å²) >= 11 is 0. The van der Waals surface area contributed by atoms with Gasteiger partial charge in [0, 0.05) is 24.5 Å². The number of nitrogens with zero attached hydrogens (tertiary/aromatic N) is 3. The summed E-state index contributed by atoms with van der Waals surface area (Å²) in [5, 5.41) is 0. The first-order chi connectivity index (χ1) is 13.3. The molecule has 0 aliphatic rings. The van der Waals surface area contributed by atoms with E-state index in [2.05, 4.69) is 9.98 Å². The molecule has 0 spiro atoms. The van der Waals surface area contributed by atoms with Crippen LogP contribution in [0.5, 0.6) is 0 Å². The van der Waals surface area contributed by atoms with Crippen molar-refractivity contribution in [3.63, 3.8) is 0 Å². The number of hydrogen-bond donors (Lipinski definition) is 2. The fourth-order valence-electron chi connectivity index (χ4n) is 2.74. The first kappa shape index (κ1) is 21.1. The Kier molecular flexibility index (Phi) is 7.26. The lowest BCUT2D eigenvalue weighted by molar-refractivity contribution is 0.0711. The Morgan fingerprint density at radius 2 is 2.11 bits per heavy atom. The Balaban J connectivity index is 2.03. The minimum Gasteiger partial charge on any atom is -0.398 e. The fourth-order valence-corrected chi connectivity index (χ4v) is 2.74. The van der Waals surface area contributed by atoms with Crippen molar-refractivity contribution in [2.45, 2.75) is 26.8 Å². The van der Waals surface area contributed by atoms with Gasteiger partial charge in [0.25, 0.3) is 5.91 Å². The number of aliphatic imine (C=N–C) groups is 1. The predicted molar refractivity (Wildman–Crippen MR) is 111 cm³/mol. The standard InChI is InChI=1S/C21H26FN5O/c1-4-27(21(28)17-11-14(2)5-7-18(17)23)15(3)12-25-10-9-19(24)20-8-6-16(22)13-26-20/h5-11,13,15H,4,12,23-24H2,1-3H3/b19-9-,25-10?/t15-/m0/s1. The monoisotopic (exact) mass is 383 g/mol. The van der Waals surface area contributed by atoms with Crippen LogP contribution in [0.2, 0.25) is 0 Å². The normalized spacial score (nSPS) is 12.9. The fraction of sp³-hybridized carbons (Fsp3) is 0.286. The molecule has 0 bridgehead atoms. The summed E-state index contributed by atoms with van der Waals surface area (Å²) in [6, 6.07) is 8.10. The van der Waals surface area contributed by atoms with Gasteiger partial charge >= 0.3 is 0 Å². The van der Waals surface area contributed by atoms with E-state index in [0.717, 1.165) is 11.8 Å². The number of anilines is 1. The van der Waals surface area contributed by atoms with E-state index in [1.54, 1.807) is 29.3 Å². The third-order valence-corrected chi connectivity index (χ3v) is 4.33. The molecular formula is C21H26FN5O. The first-order valence-electron chi connectivity index (χ1n) is 9.08. The van der Waals surface area contributed by atoms with E-state index < -0.39 is 5.82 Å². The number of aryl methyl sites for hydroxylation is 1. The van der Waals surface area contributed by atoms with Crippen LogP contribution in [0.1, 0.15) is 35.5 Å². The number of likely N-dealkylation sites (N-methyl/N-ethyl adjacent to an activating group) is 1. The lowest BCUT2D eigenvalue weighted by Gasteiger charge is -2.27. The van der Waals surface area contributed by atoms with Crippen molar-refractivity contribution in [3.05, 3.63) is 65.2 Å². The maximum Gasteiger partial charge on any atom is 0.256 e. The quantitative estimate of drug-likeness (QED) is 0.567. The highest BCUT2D eigenvalue weighted by molar-refractivity contribution is 5.99. The molecule has 0 radical (unpaired) electrons. The summed E-state index contributed by atoms with van der Waals surface area (Å²) in [5.74, 6) is -0.533. The largest absolute Gasteiger partial charge is 0.398 e. The van der Waals surface area contributed by atoms with Crippen molar-refractivity contribution in [1.29, 1.82) is 0 Å². The third-order valence-electron chi connectivity index (χ3n) is 4.33. The van der Waals surface area contributed by atoms with Gasteiger partial charge in [-0.25, -0.2) is 4.39 Å². The summed E-state index contributed by atoms with van der Waals surface area (Å²) in [4.78, 5) is 22.8. The minimum absolute atomic E-state index is 0.114. The Morgan fingerprint density at radius 1 is 1.36 bits per heavy atom. The van der Waals surface area contributed by atoms with Gasteiger partial charge in [-0.15, -0.1) is 0 Å². The summed E-state index contributed by atoms with van der Waals surface area (Å²) in [6.45, 7) is 6.72. The molecule has 1 heterocycles. The zero-order valence-corrected chi connectivity index (χ0v) is 16.4. The van der Waals surface area contributed by atoms with Crippen molar-refractivity contribution in [2.75, 3.05) is 18.8 Å². The molecule has 1 atom stereocenters. The van der Waals surface area contributed by atoms with Crippen LogP contribution < -0.4 is 11.5 Å². The molecule has 0 fully saturated rings. The van der Waals surface area contributed by atoms with E-state index in [1.165, 1.54) is 12.1 Å². The third kappa shape index (κ3) is 5.39. The van der Waals surface area contributed by atoms with Crippen molar-refractivity contribution >= 4 is 23.5 Å². The van der Waals surface area contributed by atoms with Gasteiger partial charge < -0.3 is 16.4 Å². The van der Waals surface area contributed by atoms with Crippen LogP contribution in [0.4, 0.5) is 10.1 Å². The maximum atomic E-state index is 12.9. The number of rotatable bonds is 7. The number of allylic oxidation sites excluding steroid dienone is 1. The van der Waals surface area contributed by atoms with E-state index >= 15 is 0 Å². The van der Waals surface area contributed by atoms with Gasteiger partial charge in [-0.3, -0.25) is 14.8 Å². The topological polar surface area (TPSA) is 97.6 Å². The van der Waals surface area contributed by atoms with Crippen LogP contribution in [0.25, 0.3) is 5.70 Å². The van der Waals surface area contributed by atoms with E-state index in [1.807, 2.05) is 26.8 Å². The molecule has 2 aromatic rings. The van der Waals surface area contributed by atoms with Gasteiger partial charge in [0.15, 0.2) is 0 Å². The van der Waals surface area contributed by atoms with Gasteiger partial charge in [0.05, 0.1) is 29.7 Å². The summed E-state index contributed by atoms with van der Waals surface area (Å²) in [7, 11) is 0. The molecule has 1 amide bonds. The molecule has 0 unspecified atom stereocenters. The Labute approximate surface area is 164 Å². The zero-order chi connectivity index (χ0) is 20.7. The molecule has 28 heavy (non-hydrogen) atoms. The zero-order valence-electron chi connectivity index (χ0n) is 16.4. The highest BCUT2D eigenvalue weighted by Gasteiger charge is 2.21. The van der Waals surface area contributed by atoms with Gasteiger partial charge in [-0.1, -0.05) is 11.6 Å². The SMILES string of the molecule is CCN(C(=O)c1cc(C)ccc1N)[C@@H](C)CN=C/C=C(\N)c1ccc(F)cn1. The molecule has 148 valence electrons. The lowest BCUT2D eigenvalue weighted by atomic mass is 10.1. The number of amides is 1. The van der Waals surface area contributed by atoms with E-state index in [4.69, 9.17) is 11.5 Å². The summed E-state index contributed by atoms with van der Waals surface area (Å²) in [6.07, 6.45) is 4.27. The number of nitrogens with two attached hydrogens (primary N) is 2. The molecular weight excluding hydrogens is 357 g/mol. The number of benzene rings is 1. The molecule has 0 aliphatic heterocycles. The highest BCUT2D eigenvalue weighted by atomic mass is 19.1. The van der Waals surface area contributed by atoms with Crippen molar-refractivity contribution in [3.8, 4) is 0 Å². The molecule has 6 nitrogen and oxygen atoms in total. The number of aromatic nitrogens is 1.